The van der Waals surface area contributed by atoms with Gasteiger partial charge in [0.1, 0.15) is 11.6 Å². The Morgan fingerprint density at radius 1 is 0.800 bits per heavy atom. The number of halogens is 2. The number of urea groups is 1. The Labute approximate surface area is 148 Å². The third-order valence-electron chi connectivity index (χ3n) is 3.29. The summed E-state index contributed by atoms with van der Waals surface area (Å²) < 4.78 is 26.6. The van der Waals surface area contributed by atoms with E-state index in [-0.39, 0.29) is 5.69 Å². The summed E-state index contributed by atoms with van der Waals surface area (Å²) in [6.45, 7) is 0. The zero-order valence-corrected chi connectivity index (χ0v) is 13.8. The first kappa shape index (κ1) is 17.0. The van der Waals surface area contributed by atoms with E-state index >= 15 is 0 Å². The molecule has 2 N–H and O–H groups in total. The minimum absolute atomic E-state index is 0.0907. The molecule has 0 saturated heterocycles. The highest BCUT2D eigenvalue weighted by Crippen LogP contribution is 2.33. The van der Waals surface area contributed by atoms with Crippen molar-refractivity contribution in [1.29, 1.82) is 0 Å². The van der Waals surface area contributed by atoms with Crippen molar-refractivity contribution in [3.8, 4) is 0 Å². The first-order valence-corrected chi connectivity index (χ1v) is 8.28. The maximum Gasteiger partial charge on any atom is 0.323 e. The molecule has 0 radical (unpaired) electrons. The fourth-order valence-corrected chi connectivity index (χ4v) is 3.06. The normalized spacial score (nSPS) is 10.3. The largest absolute Gasteiger partial charge is 0.323 e. The van der Waals surface area contributed by atoms with E-state index in [0.717, 1.165) is 21.9 Å². The minimum atomic E-state index is -0.831. The molecule has 0 aliphatic rings. The van der Waals surface area contributed by atoms with Crippen molar-refractivity contribution in [2.45, 2.75) is 9.79 Å². The number of para-hydroxylation sites is 1. The molecular formula is C19H14F2N2OS. The van der Waals surface area contributed by atoms with Gasteiger partial charge in [-0.15, -0.1) is 0 Å². The molecule has 126 valence electrons. The maximum atomic E-state index is 13.6. The number of carbonyl (C=O) groups is 1. The SMILES string of the molecule is O=C(Nc1ccc(F)cc1F)Nc1ccccc1Sc1ccccc1. The van der Waals surface area contributed by atoms with Crippen molar-refractivity contribution >= 4 is 29.2 Å². The minimum Gasteiger partial charge on any atom is -0.307 e. The van der Waals surface area contributed by atoms with E-state index in [1.54, 1.807) is 12.1 Å². The molecular weight excluding hydrogens is 342 g/mol. The Hall–Kier alpha value is -2.86. The van der Waals surface area contributed by atoms with Crippen LogP contribution in [-0.2, 0) is 0 Å². The van der Waals surface area contributed by atoms with Gasteiger partial charge in [0, 0.05) is 15.9 Å². The van der Waals surface area contributed by atoms with Crippen LogP contribution >= 0.6 is 11.8 Å². The molecule has 0 atom stereocenters. The summed E-state index contributed by atoms with van der Waals surface area (Å²) in [5, 5.41) is 5.07. The lowest BCUT2D eigenvalue weighted by Crippen LogP contribution is -2.20. The summed E-state index contributed by atoms with van der Waals surface area (Å²) in [5.74, 6) is -1.53. The van der Waals surface area contributed by atoms with E-state index in [2.05, 4.69) is 10.6 Å². The zero-order valence-electron chi connectivity index (χ0n) is 13.0. The second kappa shape index (κ2) is 7.81. The molecule has 0 aliphatic heterocycles. The first-order valence-electron chi connectivity index (χ1n) is 7.47. The Kier molecular flexibility index (Phi) is 5.30. The van der Waals surface area contributed by atoms with Crippen LogP contribution < -0.4 is 10.6 Å². The summed E-state index contributed by atoms with van der Waals surface area (Å²) in [5.41, 5.74) is 0.503. The van der Waals surface area contributed by atoms with Gasteiger partial charge in [-0.25, -0.2) is 13.6 Å². The van der Waals surface area contributed by atoms with Gasteiger partial charge in [0.15, 0.2) is 0 Å². The number of rotatable bonds is 4. The Bertz CT molecular complexity index is 888. The quantitative estimate of drug-likeness (QED) is 0.624. The lowest BCUT2D eigenvalue weighted by Gasteiger charge is -2.12. The molecule has 0 fully saturated rings. The molecule has 0 aromatic heterocycles. The average Bonchev–Trinajstić information content (AvgIpc) is 2.60. The monoisotopic (exact) mass is 356 g/mol. The summed E-state index contributed by atoms with van der Waals surface area (Å²) in [6, 6.07) is 19.4. The number of nitrogens with one attached hydrogen (secondary N) is 2. The van der Waals surface area contributed by atoms with Gasteiger partial charge < -0.3 is 10.6 Å². The van der Waals surface area contributed by atoms with Crippen LogP contribution in [0.25, 0.3) is 0 Å². The van der Waals surface area contributed by atoms with E-state index in [9.17, 15) is 13.6 Å². The molecule has 0 aliphatic carbocycles. The summed E-state index contributed by atoms with van der Waals surface area (Å²) >= 11 is 1.50. The lowest BCUT2D eigenvalue weighted by atomic mass is 10.3. The number of benzene rings is 3. The molecule has 3 rings (SSSR count). The van der Waals surface area contributed by atoms with E-state index < -0.39 is 17.7 Å². The molecule has 25 heavy (non-hydrogen) atoms. The van der Waals surface area contributed by atoms with Crippen molar-refractivity contribution in [2.24, 2.45) is 0 Å². The number of hydrogen-bond donors (Lipinski definition) is 2. The van der Waals surface area contributed by atoms with Crippen LogP contribution in [0.3, 0.4) is 0 Å². The average molecular weight is 356 g/mol. The van der Waals surface area contributed by atoms with Crippen molar-refractivity contribution in [1.82, 2.24) is 0 Å². The number of carbonyl (C=O) groups excluding carboxylic acids is 1. The molecule has 2 amide bonds. The molecule has 0 unspecified atom stereocenters. The van der Waals surface area contributed by atoms with Crippen molar-refractivity contribution in [3.63, 3.8) is 0 Å². The summed E-state index contributed by atoms with van der Waals surface area (Å²) in [6.07, 6.45) is 0. The molecule has 0 saturated carbocycles. The number of anilines is 2. The molecule has 0 spiro atoms. The number of amides is 2. The second-order valence-electron chi connectivity index (χ2n) is 5.11. The predicted octanol–water partition coefficient (Wildman–Crippen LogP) is 5.76. The first-order chi connectivity index (χ1) is 12.1. The number of hydrogen-bond acceptors (Lipinski definition) is 2. The zero-order chi connectivity index (χ0) is 17.6. The highest BCUT2D eigenvalue weighted by Gasteiger charge is 2.10. The van der Waals surface area contributed by atoms with Gasteiger partial charge in [0.25, 0.3) is 0 Å². The fraction of sp³-hybridized carbons (Fsp3) is 0. The summed E-state index contributed by atoms with van der Waals surface area (Å²) in [4.78, 5) is 14.0. The van der Waals surface area contributed by atoms with Gasteiger partial charge in [-0.2, -0.15) is 0 Å². The van der Waals surface area contributed by atoms with Crippen LogP contribution in [0, 0.1) is 11.6 Å². The third-order valence-corrected chi connectivity index (χ3v) is 4.37. The Balaban J connectivity index is 1.73. The highest BCUT2D eigenvalue weighted by molar-refractivity contribution is 7.99. The van der Waals surface area contributed by atoms with Crippen LogP contribution in [0.5, 0.6) is 0 Å². The lowest BCUT2D eigenvalue weighted by molar-refractivity contribution is 0.262. The standard InChI is InChI=1S/C19H14F2N2OS/c20-13-10-11-16(15(21)12-13)22-19(24)23-17-8-4-5-9-18(17)25-14-6-2-1-3-7-14/h1-12H,(H2,22,23,24). The van der Waals surface area contributed by atoms with Gasteiger partial charge in [-0.05, 0) is 36.4 Å². The second-order valence-corrected chi connectivity index (χ2v) is 6.23. The Morgan fingerprint density at radius 2 is 1.48 bits per heavy atom. The van der Waals surface area contributed by atoms with Crippen LogP contribution in [0.15, 0.2) is 82.6 Å². The van der Waals surface area contributed by atoms with Gasteiger partial charge in [-0.3, -0.25) is 0 Å². The van der Waals surface area contributed by atoms with Crippen LogP contribution in [0.1, 0.15) is 0 Å². The molecule has 6 heteroatoms. The molecule has 3 nitrogen and oxygen atoms in total. The van der Waals surface area contributed by atoms with E-state index in [1.807, 2.05) is 42.5 Å². The van der Waals surface area contributed by atoms with Crippen molar-refractivity contribution < 1.29 is 13.6 Å². The smallest absolute Gasteiger partial charge is 0.307 e. The van der Waals surface area contributed by atoms with E-state index in [1.165, 1.54) is 17.8 Å². The van der Waals surface area contributed by atoms with Crippen LogP contribution in [0.2, 0.25) is 0 Å². The van der Waals surface area contributed by atoms with Crippen molar-refractivity contribution in [3.05, 3.63) is 84.4 Å². The van der Waals surface area contributed by atoms with Crippen LogP contribution in [-0.4, -0.2) is 6.03 Å². The van der Waals surface area contributed by atoms with E-state index in [4.69, 9.17) is 0 Å². The van der Waals surface area contributed by atoms with Crippen LogP contribution in [0.4, 0.5) is 25.0 Å². The molecule has 3 aromatic carbocycles. The maximum absolute atomic E-state index is 13.6. The van der Waals surface area contributed by atoms with Gasteiger partial charge in [0.05, 0.1) is 11.4 Å². The summed E-state index contributed by atoms with van der Waals surface area (Å²) in [7, 11) is 0. The highest BCUT2D eigenvalue weighted by atomic mass is 32.2. The predicted molar refractivity (Wildman–Crippen MR) is 96.0 cm³/mol. The molecule has 3 aromatic rings. The molecule has 0 bridgehead atoms. The van der Waals surface area contributed by atoms with Gasteiger partial charge in [0.2, 0.25) is 0 Å². The molecule has 0 heterocycles. The topological polar surface area (TPSA) is 41.1 Å². The van der Waals surface area contributed by atoms with Gasteiger partial charge >= 0.3 is 6.03 Å². The van der Waals surface area contributed by atoms with E-state index in [0.29, 0.717) is 5.69 Å². The third kappa shape index (κ3) is 4.58. The van der Waals surface area contributed by atoms with Gasteiger partial charge in [-0.1, -0.05) is 42.1 Å². The fourth-order valence-electron chi connectivity index (χ4n) is 2.14. The Morgan fingerprint density at radius 3 is 2.24 bits per heavy atom. The van der Waals surface area contributed by atoms with Crippen molar-refractivity contribution in [2.75, 3.05) is 10.6 Å².